The molecule has 0 fully saturated rings. The minimum atomic E-state index is -0.359. The molecule has 0 amide bonds. The Hall–Kier alpha value is -2.05. The number of halogens is 1. The predicted octanol–water partition coefficient (Wildman–Crippen LogP) is 1.97. The Morgan fingerprint density at radius 2 is 2.00 bits per heavy atom. The lowest BCUT2D eigenvalue weighted by Gasteiger charge is -2.07. The summed E-state index contributed by atoms with van der Waals surface area (Å²) >= 11 is 0. The Morgan fingerprint density at radius 3 is 2.45 bits per heavy atom. The summed E-state index contributed by atoms with van der Waals surface area (Å²) in [6.07, 6.45) is 2.00. The van der Waals surface area contributed by atoms with Crippen LogP contribution in [0.2, 0.25) is 0 Å². The van der Waals surface area contributed by atoms with Crippen molar-refractivity contribution in [2.45, 2.75) is 13.5 Å². The predicted molar refractivity (Wildman–Crippen MR) is 72.4 cm³/mol. The third-order valence-electron chi connectivity index (χ3n) is 2.50. The lowest BCUT2D eigenvalue weighted by Crippen LogP contribution is -2.04. The van der Waals surface area contributed by atoms with Crippen LogP contribution in [0.5, 0.6) is 0 Å². The first-order valence-electron chi connectivity index (χ1n) is 6.05. The topological polar surface area (TPSA) is 64.3 Å². The highest BCUT2D eigenvalue weighted by Gasteiger charge is 2.10. The van der Waals surface area contributed by atoms with E-state index in [0.717, 1.165) is 6.61 Å². The van der Waals surface area contributed by atoms with Crippen LogP contribution in [-0.2, 0) is 11.3 Å². The molecule has 0 saturated heterocycles. The number of hydrogen-bond acceptors (Lipinski definition) is 4. The van der Waals surface area contributed by atoms with Gasteiger partial charge < -0.3 is 9.84 Å². The summed E-state index contributed by atoms with van der Waals surface area (Å²) < 4.78 is 18.8. The zero-order valence-corrected chi connectivity index (χ0v) is 11.4. The number of benzene rings is 1. The Kier molecular flexibility index (Phi) is 6.55. The van der Waals surface area contributed by atoms with Crippen molar-refractivity contribution in [2.24, 2.45) is 0 Å². The number of aliphatic hydroxyl groups excluding tert-OH is 1. The maximum Gasteiger partial charge on any atom is 0.168 e. The number of hydrogen-bond donors (Lipinski definition) is 1. The second-order valence-electron chi connectivity index (χ2n) is 3.76. The lowest BCUT2D eigenvalue weighted by molar-refractivity contribution is 0.111. The Bertz CT molecular complexity index is 536. The summed E-state index contributed by atoms with van der Waals surface area (Å²) in [5.74, 6) is -0.0178. The van der Waals surface area contributed by atoms with Crippen LogP contribution in [0.25, 0.3) is 5.69 Å². The third-order valence-corrected chi connectivity index (χ3v) is 2.50. The Morgan fingerprint density at radius 1 is 1.40 bits per heavy atom. The Labute approximate surface area is 116 Å². The van der Waals surface area contributed by atoms with E-state index in [4.69, 9.17) is 5.11 Å². The van der Waals surface area contributed by atoms with E-state index in [2.05, 4.69) is 9.72 Å². The van der Waals surface area contributed by atoms with Gasteiger partial charge in [-0.2, -0.15) is 0 Å². The number of rotatable bonds is 4. The van der Waals surface area contributed by atoms with Crippen LogP contribution in [-0.4, -0.2) is 34.7 Å². The molecule has 2 rings (SSSR count). The van der Waals surface area contributed by atoms with E-state index >= 15 is 0 Å². The summed E-state index contributed by atoms with van der Waals surface area (Å²) in [5, 5.41) is 9.07. The van der Waals surface area contributed by atoms with Crippen molar-refractivity contribution >= 4 is 6.29 Å². The van der Waals surface area contributed by atoms with Crippen LogP contribution in [0.1, 0.15) is 23.2 Å². The zero-order chi connectivity index (χ0) is 15.0. The molecule has 0 unspecified atom stereocenters. The van der Waals surface area contributed by atoms with E-state index in [0.29, 0.717) is 23.5 Å². The second kappa shape index (κ2) is 8.19. The molecule has 1 aromatic heterocycles. The molecule has 0 bridgehead atoms. The highest BCUT2D eigenvalue weighted by molar-refractivity contribution is 5.73. The van der Waals surface area contributed by atoms with Gasteiger partial charge in [-0.3, -0.25) is 9.36 Å². The molecule has 2 aromatic rings. The van der Waals surface area contributed by atoms with Gasteiger partial charge in [0.2, 0.25) is 0 Å². The van der Waals surface area contributed by atoms with Crippen molar-refractivity contribution < 1.29 is 19.0 Å². The monoisotopic (exact) mass is 280 g/mol. The minimum absolute atomic E-state index is 0.286. The number of methoxy groups -OCH3 is 1. The molecular weight excluding hydrogens is 263 g/mol. The molecule has 0 aliphatic carbocycles. The largest absolute Gasteiger partial charge is 0.388 e. The average molecular weight is 280 g/mol. The van der Waals surface area contributed by atoms with E-state index in [1.165, 1.54) is 35.0 Å². The number of imidazole rings is 1. The maximum atomic E-state index is 12.7. The quantitative estimate of drug-likeness (QED) is 0.870. The normalized spacial score (nSPS) is 9.80. The average Bonchev–Trinajstić information content (AvgIpc) is 2.91. The maximum absolute atomic E-state index is 12.7. The minimum Gasteiger partial charge on any atom is -0.388 e. The lowest BCUT2D eigenvalue weighted by atomic mass is 10.3. The van der Waals surface area contributed by atoms with Gasteiger partial charge in [-0.1, -0.05) is 0 Å². The third kappa shape index (κ3) is 3.97. The zero-order valence-electron chi connectivity index (χ0n) is 11.4. The summed E-state index contributed by atoms with van der Waals surface area (Å²) in [6, 6.07) is 5.60. The summed E-state index contributed by atoms with van der Waals surface area (Å²) in [5.41, 5.74) is 0.903. The van der Waals surface area contributed by atoms with E-state index in [1.807, 2.05) is 6.92 Å². The van der Waals surface area contributed by atoms with Crippen LogP contribution < -0.4 is 0 Å². The number of carbonyl (C=O) groups excluding carboxylic acids is 1. The molecule has 108 valence electrons. The van der Waals surface area contributed by atoms with E-state index in [-0.39, 0.29) is 12.4 Å². The summed E-state index contributed by atoms with van der Waals surface area (Å²) in [6.45, 7) is 2.49. The van der Waals surface area contributed by atoms with Crippen molar-refractivity contribution in [1.29, 1.82) is 0 Å². The number of aldehydes is 1. The molecule has 0 atom stereocenters. The van der Waals surface area contributed by atoms with Gasteiger partial charge in [0.05, 0.1) is 6.20 Å². The van der Waals surface area contributed by atoms with Crippen LogP contribution in [0, 0.1) is 5.82 Å². The molecule has 5 nitrogen and oxygen atoms in total. The van der Waals surface area contributed by atoms with Gasteiger partial charge in [-0.05, 0) is 31.2 Å². The fraction of sp³-hybridized carbons (Fsp3) is 0.286. The molecule has 0 radical (unpaired) electrons. The molecular formula is C14H17FN2O3. The van der Waals surface area contributed by atoms with Crippen molar-refractivity contribution in [3.05, 3.63) is 47.8 Å². The van der Waals surface area contributed by atoms with Gasteiger partial charge >= 0.3 is 0 Å². The van der Waals surface area contributed by atoms with Gasteiger partial charge in [0.1, 0.15) is 23.9 Å². The first-order chi connectivity index (χ1) is 9.67. The highest BCUT2D eigenvalue weighted by Crippen LogP contribution is 2.14. The van der Waals surface area contributed by atoms with Crippen LogP contribution >= 0.6 is 0 Å². The standard InChI is InChI=1S/C11H9FN2O2.C3H8O/c12-8-1-3-9(4-2-8)14-10(6-15)5-13-11(14)7-16;1-3-4-2/h1-6,16H,7H2;3H2,1-2H3. The summed E-state index contributed by atoms with van der Waals surface area (Å²) in [4.78, 5) is 14.7. The van der Waals surface area contributed by atoms with Crippen LogP contribution in [0.15, 0.2) is 30.5 Å². The fourth-order valence-corrected chi connectivity index (χ4v) is 1.49. The van der Waals surface area contributed by atoms with Crippen molar-refractivity contribution in [2.75, 3.05) is 13.7 Å². The molecule has 1 aromatic carbocycles. The molecule has 1 N–H and O–H groups in total. The highest BCUT2D eigenvalue weighted by atomic mass is 19.1. The van der Waals surface area contributed by atoms with Gasteiger partial charge in [0.25, 0.3) is 0 Å². The molecule has 6 heteroatoms. The van der Waals surface area contributed by atoms with Gasteiger partial charge in [0.15, 0.2) is 6.29 Å². The summed E-state index contributed by atoms with van der Waals surface area (Å²) in [7, 11) is 1.68. The van der Waals surface area contributed by atoms with E-state index < -0.39 is 0 Å². The molecule has 0 aliphatic rings. The van der Waals surface area contributed by atoms with Gasteiger partial charge in [-0.25, -0.2) is 9.37 Å². The number of nitrogens with zero attached hydrogens (tertiary/aromatic N) is 2. The molecule has 20 heavy (non-hydrogen) atoms. The first-order valence-corrected chi connectivity index (χ1v) is 6.05. The second-order valence-corrected chi connectivity index (χ2v) is 3.76. The SMILES string of the molecule is CCOC.O=Cc1cnc(CO)n1-c1ccc(F)cc1. The molecule has 0 aliphatic heterocycles. The van der Waals surface area contributed by atoms with Crippen molar-refractivity contribution in [1.82, 2.24) is 9.55 Å². The Balaban J connectivity index is 0.000000444. The van der Waals surface area contributed by atoms with Crippen LogP contribution in [0.4, 0.5) is 4.39 Å². The number of ether oxygens (including phenoxy) is 1. The van der Waals surface area contributed by atoms with Crippen molar-refractivity contribution in [3.8, 4) is 5.69 Å². The number of carbonyl (C=O) groups is 1. The first kappa shape index (κ1) is 16.0. The van der Waals surface area contributed by atoms with Gasteiger partial charge in [0, 0.05) is 19.4 Å². The number of aromatic nitrogens is 2. The fourth-order valence-electron chi connectivity index (χ4n) is 1.49. The number of aliphatic hydroxyl groups is 1. The smallest absolute Gasteiger partial charge is 0.168 e. The molecule has 1 heterocycles. The van der Waals surface area contributed by atoms with Crippen LogP contribution in [0.3, 0.4) is 0 Å². The van der Waals surface area contributed by atoms with E-state index in [9.17, 15) is 9.18 Å². The van der Waals surface area contributed by atoms with Crippen molar-refractivity contribution in [3.63, 3.8) is 0 Å². The van der Waals surface area contributed by atoms with E-state index in [1.54, 1.807) is 7.11 Å². The van der Waals surface area contributed by atoms with Gasteiger partial charge in [-0.15, -0.1) is 0 Å². The molecule has 0 spiro atoms. The molecule has 0 saturated carbocycles.